The molecule has 0 spiro atoms. The first-order valence-electron chi connectivity index (χ1n) is 6.47. The number of amides is 1. The van der Waals surface area contributed by atoms with Gasteiger partial charge in [-0.25, -0.2) is 0 Å². The van der Waals surface area contributed by atoms with Crippen molar-refractivity contribution < 1.29 is 9.90 Å². The van der Waals surface area contributed by atoms with Gasteiger partial charge in [-0.1, -0.05) is 24.3 Å². The zero-order chi connectivity index (χ0) is 14.1. The minimum Gasteiger partial charge on any atom is -0.390 e. The van der Waals surface area contributed by atoms with E-state index in [1.165, 1.54) is 4.68 Å². The SMILES string of the molecule is Nc1ccn(CC(=O)N[C@@H]2c3ccccc3C[C@@H]2O)n1. The van der Waals surface area contributed by atoms with Gasteiger partial charge in [0.15, 0.2) is 0 Å². The Morgan fingerprint density at radius 2 is 2.25 bits per heavy atom. The van der Waals surface area contributed by atoms with Gasteiger partial charge in [0.05, 0.1) is 12.1 Å². The van der Waals surface area contributed by atoms with Crippen LogP contribution < -0.4 is 11.1 Å². The van der Waals surface area contributed by atoms with Gasteiger partial charge in [-0.2, -0.15) is 5.10 Å². The lowest BCUT2D eigenvalue weighted by molar-refractivity contribution is -0.123. The predicted molar refractivity (Wildman–Crippen MR) is 73.7 cm³/mol. The molecule has 6 nitrogen and oxygen atoms in total. The van der Waals surface area contributed by atoms with Crippen molar-refractivity contribution in [1.82, 2.24) is 15.1 Å². The molecule has 0 unspecified atom stereocenters. The molecule has 0 bridgehead atoms. The second-order valence-electron chi connectivity index (χ2n) is 4.95. The standard InChI is InChI=1S/C14H16N4O2/c15-12-5-6-18(17-12)8-13(20)16-14-10-4-2-1-3-9(10)7-11(14)19/h1-6,11,14,19H,7-8H2,(H2,15,17)(H,16,20)/t11-,14+/m0/s1. The number of hydrogen-bond donors (Lipinski definition) is 3. The van der Waals surface area contributed by atoms with Crippen LogP contribution in [0.5, 0.6) is 0 Å². The summed E-state index contributed by atoms with van der Waals surface area (Å²) in [6.45, 7) is 0.0859. The first-order chi connectivity index (χ1) is 9.63. The highest BCUT2D eigenvalue weighted by atomic mass is 16.3. The number of aromatic nitrogens is 2. The maximum Gasteiger partial charge on any atom is 0.242 e. The summed E-state index contributed by atoms with van der Waals surface area (Å²) in [6, 6.07) is 9.02. The van der Waals surface area contributed by atoms with E-state index < -0.39 is 6.10 Å². The molecule has 2 atom stereocenters. The molecule has 0 saturated heterocycles. The van der Waals surface area contributed by atoms with Crippen molar-refractivity contribution >= 4 is 11.7 Å². The molecule has 4 N–H and O–H groups in total. The minimum absolute atomic E-state index is 0.0859. The lowest BCUT2D eigenvalue weighted by atomic mass is 10.1. The fourth-order valence-electron chi connectivity index (χ4n) is 2.58. The fourth-order valence-corrected chi connectivity index (χ4v) is 2.58. The van der Waals surface area contributed by atoms with Crippen LogP contribution in [-0.4, -0.2) is 26.9 Å². The number of anilines is 1. The van der Waals surface area contributed by atoms with Crippen LogP contribution in [0.2, 0.25) is 0 Å². The molecule has 3 rings (SSSR count). The summed E-state index contributed by atoms with van der Waals surface area (Å²) in [7, 11) is 0. The number of carbonyl (C=O) groups excluding carboxylic acids is 1. The Labute approximate surface area is 116 Å². The van der Waals surface area contributed by atoms with Gasteiger partial charge in [-0.05, 0) is 17.2 Å². The fraction of sp³-hybridized carbons (Fsp3) is 0.286. The van der Waals surface area contributed by atoms with Crippen LogP contribution in [0.3, 0.4) is 0 Å². The smallest absolute Gasteiger partial charge is 0.242 e. The van der Waals surface area contributed by atoms with Gasteiger partial charge in [0.25, 0.3) is 0 Å². The average Bonchev–Trinajstić information content (AvgIpc) is 2.94. The summed E-state index contributed by atoms with van der Waals surface area (Å²) in [6.07, 6.45) is 1.63. The molecule has 0 saturated carbocycles. The Balaban J connectivity index is 1.70. The van der Waals surface area contributed by atoms with Crippen molar-refractivity contribution in [2.45, 2.75) is 25.1 Å². The Morgan fingerprint density at radius 1 is 1.45 bits per heavy atom. The Hall–Kier alpha value is -2.34. The first-order valence-corrected chi connectivity index (χ1v) is 6.47. The molecular formula is C14H16N4O2. The Morgan fingerprint density at radius 3 is 3.00 bits per heavy atom. The molecule has 2 aromatic rings. The molecule has 0 aliphatic heterocycles. The van der Waals surface area contributed by atoms with Crippen molar-refractivity contribution in [1.29, 1.82) is 0 Å². The largest absolute Gasteiger partial charge is 0.390 e. The second-order valence-corrected chi connectivity index (χ2v) is 4.95. The van der Waals surface area contributed by atoms with Crippen LogP contribution in [0, 0.1) is 0 Å². The zero-order valence-electron chi connectivity index (χ0n) is 10.9. The number of nitrogens with two attached hydrogens (primary N) is 1. The number of nitrogens with zero attached hydrogens (tertiary/aromatic N) is 2. The van der Waals surface area contributed by atoms with Crippen molar-refractivity contribution in [2.24, 2.45) is 0 Å². The number of fused-ring (bicyclic) bond motifs is 1. The highest BCUT2D eigenvalue weighted by Gasteiger charge is 2.31. The Kier molecular flexibility index (Phi) is 3.15. The van der Waals surface area contributed by atoms with Gasteiger partial charge in [0, 0.05) is 12.6 Å². The summed E-state index contributed by atoms with van der Waals surface area (Å²) in [5.41, 5.74) is 7.56. The van der Waals surface area contributed by atoms with Gasteiger partial charge < -0.3 is 16.2 Å². The molecule has 1 amide bonds. The molecule has 104 valence electrons. The monoisotopic (exact) mass is 272 g/mol. The van der Waals surface area contributed by atoms with Crippen molar-refractivity contribution in [3.8, 4) is 0 Å². The van der Waals surface area contributed by atoms with E-state index in [-0.39, 0.29) is 18.5 Å². The molecule has 1 heterocycles. The third-order valence-corrected chi connectivity index (χ3v) is 3.49. The van der Waals surface area contributed by atoms with E-state index >= 15 is 0 Å². The predicted octanol–water partition coefficient (Wildman–Crippen LogP) is 0.240. The average molecular weight is 272 g/mol. The number of carbonyl (C=O) groups is 1. The summed E-state index contributed by atoms with van der Waals surface area (Å²) in [4.78, 5) is 12.0. The van der Waals surface area contributed by atoms with Crippen molar-refractivity contribution in [2.75, 3.05) is 5.73 Å². The number of benzene rings is 1. The highest BCUT2D eigenvalue weighted by Crippen LogP contribution is 2.31. The van der Waals surface area contributed by atoms with Gasteiger partial charge >= 0.3 is 0 Å². The molecule has 1 aromatic heterocycles. The van der Waals surface area contributed by atoms with Crippen molar-refractivity contribution in [3.63, 3.8) is 0 Å². The normalized spacial score (nSPS) is 20.6. The molecule has 1 aliphatic rings. The summed E-state index contributed by atoms with van der Waals surface area (Å²) in [5.74, 6) is 0.179. The second kappa shape index (κ2) is 4.97. The number of hydrogen-bond acceptors (Lipinski definition) is 4. The summed E-state index contributed by atoms with van der Waals surface area (Å²) in [5, 5.41) is 16.9. The third kappa shape index (κ3) is 2.37. The zero-order valence-corrected chi connectivity index (χ0v) is 10.9. The summed E-state index contributed by atoms with van der Waals surface area (Å²) >= 11 is 0. The maximum absolute atomic E-state index is 12.0. The van der Waals surface area contributed by atoms with Gasteiger partial charge in [0.2, 0.25) is 5.91 Å². The van der Waals surface area contributed by atoms with Crippen molar-refractivity contribution in [3.05, 3.63) is 47.7 Å². The van der Waals surface area contributed by atoms with Crippen LogP contribution in [0.4, 0.5) is 5.82 Å². The Bertz CT molecular complexity index is 638. The van der Waals surface area contributed by atoms with E-state index in [9.17, 15) is 9.90 Å². The van der Waals surface area contributed by atoms with Crippen LogP contribution in [-0.2, 0) is 17.8 Å². The molecule has 0 radical (unpaired) electrons. The molecule has 6 heteroatoms. The van der Waals surface area contributed by atoms with Crippen LogP contribution in [0.15, 0.2) is 36.5 Å². The van der Waals surface area contributed by atoms with Gasteiger partial charge in [0.1, 0.15) is 12.4 Å². The lowest BCUT2D eigenvalue weighted by Gasteiger charge is -2.17. The van der Waals surface area contributed by atoms with Crippen LogP contribution in [0.1, 0.15) is 17.2 Å². The van der Waals surface area contributed by atoms with Gasteiger partial charge in [-0.3, -0.25) is 9.48 Å². The number of nitrogens with one attached hydrogen (secondary N) is 1. The molecule has 1 aliphatic carbocycles. The number of aliphatic hydroxyl groups excluding tert-OH is 1. The lowest BCUT2D eigenvalue weighted by Crippen LogP contribution is -2.36. The molecule has 0 fully saturated rings. The number of aliphatic hydroxyl groups is 1. The number of rotatable bonds is 3. The van der Waals surface area contributed by atoms with E-state index in [0.717, 1.165) is 11.1 Å². The van der Waals surface area contributed by atoms with E-state index in [0.29, 0.717) is 12.2 Å². The highest BCUT2D eigenvalue weighted by molar-refractivity contribution is 5.76. The molecule has 1 aromatic carbocycles. The van der Waals surface area contributed by atoms with Crippen LogP contribution in [0.25, 0.3) is 0 Å². The van der Waals surface area contributed by atoms with E-state index in [4.69, 9.17) is 5.73 Å². The molecular weight excluding hydrogens is 256 g/mol. The quantitative estimate of drug-likeness (QED) is 0.746. The first kappa shape index (κ1) is 12.7. The number of nitrogen functional groups attached to an aromatic ring is 1. The molecule has 20 heavy (non-hydrogen) atoms. The van der Waals surface area contributed by atoms with E-state index in [1.807, 2.05) is 24.3 Å². The maximum atomic E-state index is 12.0. The topological polar surface area (TPSA) is 93.2 Å². The minimum atomic E-state index is -0.584. The van der Waals surface area contributed by atoms with E-state index in [2.05, 4.69) is 10.4 Å². The van der Waals surface area contributed by atoms with E-state index in [1.54, 1.807) is 12.3 Å². The van der Waals surface area contributed by atoms with Crippen LogP contribution >= 0.6 is 0 Å². The van der Waals surface area contributed by atoms with Gasteiger partial charge in [-0.15, -0.1) is 0 Å². The third-order valence-electron chi connectivity index (χ3n) is 3.49. The summed E-state index contributed by atoms with van der Waals surface area (Å²) < 4.78 is 1.47.